The van der Waals surface area contributed by atoms with Gasteiger partial charge in [0.25, 0.3) is 0 Å². The van der Waals surface area contributed by atoms with Crippen LogP contribution in [0.3, 0.4) is 0 Å². The maximum absolute atomic E-state index is 11.4. The van der Waals surface area contributed by atoms with Crippen LogP contribution in [0.15, 0.2) is 0 Å². The van der Waals surface area contributed by atoms with E-state index in [1.807, 2.05) is 0 Å². The normalized spacial score (nSPS) is 34.9. The number of rotatable bonds is 3. The van der Waals surface area contributed by atoms with E-state index in [4.69, 9.17) is 0 Å². The number of hydrogen-bond donors (Lipinski definition) is 1. The van der Waals surface area contributed by atoms with Gasteiger partial charge in [0.2, 0.25) is 0 Å². The van der Waals surface area contributed by atoms with Crippen LogP contribution in [-0.2, 0) is 0 Å². The first-order chi connectivity index (χ1) is 10.3. The molecule has 3 atom stereocenters. The summed E-state index contributed by atoms with van der Waals surface area (Å²) in [6.45, 7) is 11.6. The Morgan fingerprint density at radius 3 is 2.45 bits per heavy atom. The predicted octanol–water partition coefficient (Wildman–Crippen LogP) is 2.74. The lowest BCUT2D eigenvalue weighted by Gasteiger charge is -2.56. The lowest BCUT2D eigenvalue weighted by atomic mass is 9.64. The molecule has 1 saturated heterocycles. The van der Waals surface area contributed by atoms with Gasteiger partial charge in [0.15, 0.2) is 0 Å². The highest BCUT2D eigenvalue weighted by Gasteiger charge is 2.52. The van der Waals surface area contributed by atoms with Crippen LogP contribution in [0.1, 0.15) is 59.8 Å². The van der Waals surface area contributed by atoms with Crippen molar-refractivity contribution in [2.75, 3.05) is 26.7 Å². The fourth-order valence-corrected chi connectivity index (χ4v) is 4.38. The van der Waals surface area contributed by atoms with Gasteiger partial charge >= 0.3 is 0 Å². The summed E-state index contributed by atoms with van der Waals surface area (Å²) in [5, 5.41) is 11.4. The van der Waals surface area contributed by atoms with Gasteiger partial charge < -0.3 is 5.11 Å². The Bertz CT molecular complexity index is 432. The third-order valence-electron chi connectivity index (χ3n) is 6.00. The summed E-state index contributed by atoms with van der Waals surface area (Å²) >= 11 is 0. The maximum atomic E-state index is 11.4. The van der Waals surface area contributed by atoms with Gasteiger partial charge in [0.1, 0.15) is 5.60 Å². The number of fused-ring (bicyclic) bond motifs is 1. The highest BCUT2D eigenvalue weighted by molar-refractivity contribution is 5.23. The predicted molar refractivity (Wildman–Crippen MR) is 92.7 cm³/mol. The molecule has 1 N–H and O–H groups in total. The lowest BCUT2D eigenvalue weighted by molar-refractivity contribution is -0.122. The molecule has 3 heteroatoms. The van der Waals surface area contributed by atoms with Crippen LogP contribution in [0, 0.1) is 17.8 Å². The summed E-state index contributed by atoms with van der Waals surface area (Å²) in [6, 6.07) is 0.477. The Labute approximate surface area is 137 Å². The molecule has 3 nitrogen and oxygen atoms in total. The largest absolute Gasteiger partial charge is 0.377 e. The summed E-state index contributed by atoms with van der Waals surface area (Å²) in [4.78, 5) is 4.80. The van der Waals surface area contributed by atoms with Gasteiger partial charge in [-0.25, -0.2) is 0 Å². The number of nitrogens with zero attached hydrogens (tertiary/aromatic N) is 2. The van der Waals surface area contributed by atoms with E-state index >= 15 is 0 Å². The molecule has 0 aromatic rings. The summed E-state index contributed by atoms with van der Waals surface area (Å²) in [5.41, 5.74) is -0.800. The molecule has 1 aliphatic carbocycles. The van der Waals surface area contributed by atoms with Crippen LogP contribution in [0.4, 0.5) is 0 Å². The van der Waals surface area contributed by atoms with Crippen molar-refractivity contribution in [1.82, 2.24) is 9.80 Å². The second-order valence-corrected chi connectivity index (χ2v) is 7.75. The molecular formula is C19H34N2O. The van der Waals surface area contributed by atoms with E-state index < -0.39 is 5.60 Å². The Morgan fingerprint density at radius 2 is 1.82 bits per heavy atom. The van der Waals surface area contributed by atoms with Gasteiger partial charge in [0.05, 0.1) is 6.54 Å². The summed E-state index contributed by atoms with van der Waals surface area (Å²) in [7, 11) is 2.23. The van der Waals surface area contributed by atoms with E-state index in [1.165, 1.54) is 19.3 Å². The van der Waals surface area contributed by atoms with E-state index in [-0.39, 0.29) is 5.54 Å². The van der Waals surface area contributed by atoms with Crippen molar-refractivity contribution < 1.29 is 5.11 Å². The highest BCUT2D eigenvalue weighted by atomic mass is 16.3. The second kappa shape index (κ2) is 6.91. The molecule has 0 amide bonds. The van der Waals surface area contributed by atoms with Gasteiger partial charge in [-0.05, 0) is 46.8 Å². The third-order valence-corrected chi connectivity index (χ3v) is 6.00. The maximum Gasteiger partial charge on any atom is 0.131 e. The van der Waals surface area contributed by atoms with Gasteiger partial charge in [-0.3, -0.25) is 9.80 Å². The van der Waals surface area contributed by atoms with Crippen molar-refractivity contribution >= 4 is 0 Å². The van der Waals surface area contributed by atoms with Crippen molar-refractivity contribution in [2.45, 2.75) is 77.0 Å². The molecule has 0 bridgehead atoms. The fraction of sp³-hybridized carbons (Fsp3) is 0.895. The zero-order valence-electron chi connectivity index (χ0n) is 15.2. The smallest absolute Gasteiger partial charge is 0.131 e. The zero-order valence-corrected chi connectivity index (χ0v) is 15.2. The van der Waals surface area contributed by atoms with Gasteiger partial charge in [-0.2, -0.15) is 0 Å². The molecule has 0 aromatic carbocycles. The van der Waals surface area contributed by atoms with Crippen LogP contribution < -0.4 is 0 Å². The Hall–Kier alpha value is -0.560. The number of aliphatic hydroxyl groups is 1. The molecule has 0 radical (unpaired) electrons. The van der Waals surface area contributed by atoms with E-state index in [9.17, 15) is 5.11 Å². The molecular weight excluding hydrogens is 272 g/mol. The highest BCUT2D eigenvalue weighted by Crippen LogP contribution is 2.46. The Morgan fingerprint density at radius 1 is 1.18 bits per heavy atom. The Balaban J connectivity index is 2.20. The summed E-state index contributed by atoms with van der Waals surface area (Å²) in [6.07, 6.45) is 5.58. The van der Waals surface area contributed by atoms with Crippen molar-refractivity contribution in [1.29, 1.82) is 0 Å². The molecule has 126 valence electrons. The minimum absolute atomic E-state index is 0.0110. The van der Waals surface area contributed by atoms with Crippen LogP contribution in [0.5, 0.6) is 0 Å². The molecule has 2 fully saturated rings. The van der Waals surface area contributed by atoms with Crippen molar-refractivity contribution in [2.24, 2.45) is 5.92 Å². The quantitative estimate of drug-likeness (QED) is 0.812. The monoisotopic (exact) mass is 306 g/mol. The third kappa shape index (κ3) is 3.50. The van der Waals surface area contributed by atoms with Gasteiger partial charge in [-0.15, -0.1) is 0 Å². The average molecular weight is 306 g/mol. The minimum Gasteiger partial charge on any atom is -0.377 e. The van der Waals surface area contributed by atoms with Gasteiger partial charge in [-0.1, -0.05) is 38.5 Å². The molecule has 1 aliphatic heterocycles. The average Bonchev–Trinajstić information content (AvgIpc) is 2.49. The van der Waals surface area contributed by atoms with E-state index in [0.717, 1.165) is 32.5 Å². The topological polar surface area (TPSA) is 26.7 Å². The lowest BCUT2D eigenvalue weighted by Crippen LogP contribution is -2.65. The van der Waals surface area contributed by atoms with Crippen LogP contribution in [0.25, 0.3) is 0 Å². The van der Waals surface area contributed by atoms with Crippen LogP contribution in [0.2, 0.25) is 0 Å². The van der Waals surface area contributed by atoms with Gasteiger partial charge in [0, 0.05) is 23.9 Å². The molecule has 22 heavy (non-hydrogen) atoms. The Kier molecular flexibility index (Phi) is 5.59. The van der Waals surface area contributed by atoms with Crippen LogP contribution >= 0.6 is 0 Å². The molecule has 2 aliphatic rings. The molecule has 1 saturated carbocycles. The summed E-state index contributed by atoms with van der Waals surface area (Å²) in [5.74, 6) is 6.91. The molecule has 0 unspecified atom stereocenters. The standard InChI is InChI=1S/C19H34N2O/c1-6-21(7-2)14-10-13-19(22)15-18(3,4)20(5)17-12-9-8-11-16(17)19/h16-17,22H,6-9,11-12,14-15H2,1-5H3/t16-,17-,19+/m0/s1. The first kappa shape index (κ1) is 17.8. The molecule has 0 aromatic heterocycles. The second-order valence-electron chi connectivity index (χ2n) is 7.75. The number of likely N-dealkylation sites (tertiary alicyclic amines) is 1. The van der Waals surface area contributed by atoms with Crippen molar-refractivity contribution in [3.05, 3.63) is 0 Å². The first-order valence-corrected chi connectivity index (χ1v) is 9.01. The molecule has 1 heterocycles. The van der Waals surface area contributed by atoms with E-state index in [1.54, 1.807) is 0 Å². The molecule has 0 spiro atoms. The molecule has 2 rings (SSSR count). The fourth-order valence-electron chi connectivity index (χ4n) is 4.38. The number of piperidine rings is 1. The SMILES string of the molecule is CCN(CC)CC#C[C@@]1(O)CC(C)(C)N(C)[C@H]2CCCC[C@@H]21. The number of hydrogen-bond acceptors (Lipinski definition) is 3. The van der Waals surface area contributed by atoms with Crippen LogP contribution in [-0.4, -0.2) is 58.8 Å². The van der Waals surface area contributed by atoms with Crippen molar-refractivity contribution in [3.8, 4) is 11.8 Å². The van der Waals surface area contributed by atoms with Crippen molar-refractivity contribution in [3.63, 3.8) is 0 Å². The minimum atomic E-state index is -0.811. The van der Waals surface area contributed by atoms with E-state index in [2.05, 4.69) is 56.4 Å². The summed E-state index contributed by atoms with van der Waals surface area (Å²) < 4.78 is 0. The zero-order chi connectivity index (χ0) is 16.4. The van der Waals surface area contributed by atoms with E-state index in [0.29, 0.717) is 12.0 Å². The first-order valence-electron chi connectivity index (χ1n) is 9.01.